The van der Waals surface area contributed by atoms with Gasteiger partial charge in [0.2, 0.25) is 0 Å². The Morgan fingerprint density at radius 3 is 2.55 bits per heavy atom. The van der Waals surface area contributed by atoms with Crippen LogP contribution in [0.3, 0.4) is 0 Å². The molecule has 7 heteroatoms. The highest BCUT2D eigenvalue weighted by Gasteiger charge is 2.28. The van der Waals surface area contributed by atoms with Gasteiger partial charge in [-0.3, -0.25) is 4.79 Å². The highest BCUT2D eigenvalue weighted by Crippen LogP contribution is 2.30. The molecule has 0 radical (unpaired) electrons. The smallest absolute Gasteiger partial charge is 0.335 e. The average molecular weight is 392 g/mol. The molecule has 0 bridgehead atoms. The fourth-order valence-corrected chi connectivity index (χ4v) is 2.81. The molecule has 2 aromatic rings. The monoisotopic (exact) mass is 392 g/mol. The third kappa shape index (κ3) is 4.19. The normalized spacial score (nSPS) is 14.7. The van der Waals surface area contributed by atoms with Crippen LogP contribution in [0.1, 0.15) is 22.8 Å². The summed E-state index contributed by atoms with van der Waals surface area (Å²) in [6.07, 6.45) is 3.37. The third-order valence-corrected chi connectivity index (χ3v) is 4.28. The molecule has 0 fully saturated rings. The van der Waals surface area contributed by atoms with E-state index >= 15 is 0 Å². The Hall–Kier alpha value is -3.87. The molecule has 1 aliphatic rings. The van der Waals surface area contributed by atoms with Gasteiger partial charge in [0, 0.05) is 0 Å². The summed E-state index contributed by atoms with van der Waals surface area (Å²) in [6.45, 7) is 5.72. The highest BCUT2D eigenvalue weighted by atomic mass is 16.5. The summed E-state index contributed by atoms with van der Waals surface area (Å²) in [5.41, 5.74) is 2.39. The number of hydrazone groups is 1. The van der Waals surface area contributed by atoms with E-state index in [1.807, 2.05) is 6.07 Å². The second-order valence-corrected chi connectivity index (χ2v) is 6.22. The molecule has 0 atom stereocenters. The van der Waals surface area contributed by atoms with E-state index in [9.17, 15) is 9.59 Å². The number of carboxylic acids is 1. The lowest BCUT2D eigenvalue weighted by molar-refractivity contribution is -0.114. The molecule has 0 unspecified atom stereocenters. The lowest BCUT2D eigenvalue weighted by Gasteiger charge is -2.12. The Morgan fingerprint density at radius 1 is 1.21 bits per heavy atom. The van der Waals surface area contributed by atoms with Gasteiger partial charge in [-0.25, -0.2) is 4.79 Å². The molecule has 0 aliphatic carbocycles. The molecular formula is C22H20N2O5. The van der Waals surface area contributed by atoms with Gasteiger partial charge in [0.1, 0.15) is 6.61 Å². The molecular weight excluding hydrogens is 372 g/mol. The minimum Gasteiger partial charge on any atom is -0.493 e. The van der Waals surface area contributed by atoms with Crippen molar-refractivity contribution in [2.45, 2.75) is 6.92 Å². The van der Waals surface area contributed by atoms with Crippen LogP contribution in [0.25, 0.3) is 6.08 Å². The minimum absolute atomic E-state index is 0.141. The van der Waals surface area contributed by atoms with Gasteiger partial charge in [-0.05, 0) is 55.0 Å². The van der Waals surface area contributed by atoms with Crippen LogP contribution in [0.4, 0.5) is 5.69 Å². The average Bonchev–Trinajstić information content (AvgIpc) is 3.01. The number of methoxy groups -OCH3 is 1. The zero-order chi connectivity index (χ0) is 21.0. The van der Waals surface area contributed by atoms with Gasteiger partial charge in [0.15, 0.2) is 11.5 Å². The zero-order valence-corrected chi connectivity index (χ0v) is 16.1. The molecule has 1 N–H and O–H groups in total. The Bertz CT molecular complexity index is 1020. The Labute approximate surface area is 168 Å². The first-order chi connectivity index (χ1) is 13.9. The number of nitrogens with zero attached hydrogens (tertiary/aromatic N) is 2. The molecule has 2 aromatic carbocycles. The van der Waals surface area contributed by atoms with E-state index in [2.05, 4.69) is 11.7 Å². The van der Waals surface area contributed by atoms with Gasteiger partial charge >= 0.3 is 5.97 Å². The van der Waals surface area contributed by atoms with Crippen molar-refractivity contribution < 1.29 is 24.2 Å². The molecule has 0 aromatic heterocycles. The van der Waals surface area contributed by atoms with Crippen LogP contribution in [0.2, 0.25) is 0 Å². The molecule has 1 heterocycles. The number of hydrogen-bond acceptors (Lipinski definition) is 5. The molecule has 0 spiro atoms. The van der Waals surface area contributed by atoms with Crippen molar-refractivity contribution in [1.29, 1.82) is 0 Å². The van der Waals surface area contributed by atoms with Crippen LogP contribution in [-0.2, 0) is 4.79 Å². The van der Waals surface area contributed by atoms with E-state index in [0.717, 1.165) is 5.56 Å². The summed E-state index contributed by atoms with van der Waals surface area (Å²) in [4.78, 5) is 23.9. The number of ether oxygens (including phenoxy) is 2. The second kappa shape index (κ2) is 8.43. The quantitative estimate of drug-likeness (QED) is 0.572. The Balaban J connectivity index is 1.87. The molecule has 1 amide bonds. The predicted molar refractivity (Wildman–Crippen MR) is 111 cm³/mol. The van der Waals surface area contributed by atoms with Gasteiger partial charge in [0.05, 0.1) is 29.6 Å². The number of carbonyl (C=O) groups is 2. The number of hydrogen-bond donors (Lipinski definition) is 1. The molecule has 1 aliphatic heterocycles. The zero-order valence-electron chi connectivity index (χ0n) is 16.1. The van der Waals surface area contributed by atoms with Crippen molar-refractivity contribution in [3.05, 3.63) is 71.8 Å². The maximum Gasteiger partial charge on any atom is 0.335 e. The Kier molecular flexibility index (Phi) is 5.78. The summed E-state index contributed by atoms with van der Waals surface area (Å²) < 4.78 is 10.9. The number of rotatable bonds is 7. The summed E-state index contributed by atoms with van der Waals surface area (Å²) in [5.74, 6) is -0.198. The second-order valence-electron chi connectivity index (χ2n) is 6.22. The lowest BCUT2D eigenvalue weighted by atomic mass is 10.1. The van der Waals surface area contributed by atoms with Crippen molar-refractivity contribution in [2.24, 2.45) is 5.10 Å². The lowest BCUT2D eigenvalue weighted by Crippen LogP contribution is -2.21. The van der Waals surface area contributed by atoms with Gasteiger partial charge in [-0.1, -0.05) is 18.7 Å². The Morgan fingerprint density at radius 2 is 1.93 bits per heavy atom. The first kappa shape index (κ1) is 19.9. The molecule has 148 valence electrons. The molecule has 0 saturated heterocycles. The van der Waals surface area contributed by atoms with Crippen molar-refractivity contribution in [1.82, 2.24) is 0 Å². The number of aromatic carboxylic acids is 1. The highest BCUT2D eigenvalue weighted by molar-refractivity contribution is 6.32. The summed E-state index contributed by atoms with van der Waals surface area (Å²) in [5, 5.41) is 14.6. The van der Waals surface area contributed by atoms with Gasteiger partial charge in [-0.15, -0.1) is 0 Å². The number of amides is 1. The fraction of sp³-hybridized carbons (Fsp3) is 0.136. The first-order valence-electron chi connectivity index (χ1n) is 8.81. The van der Waals surface area contributed by atoms with E-state index in [4.69, 9.17) is 14.6 Å². The van der Waals surface area contributed by atoms with Crippen LogP contribution in [0.15, 0.2) is 65.8 Å². The van der Waals surface area contributed by atoms with Crippen molar-refractivity contribution in [2.75, 3.05) is 18.7 Å². The summed E-state index contributed by atoms with van der Waals surface area (Å²) in [6, 6.07) is 11.3. The van der Waals surface area contributed by atoms with E-state index < -0.39 is 5.97 Å². The summed E-state index contributed by atoms with van der Waals surface area (Å²) in [7, 11) is 1.54. The summed E-state index contributed by atoms with van der Waals surface area (Å²) >= 11 is 0. The van der Waals surface area contributed by atoms with E-state index in [1.165, 1.54) is 17.1 Å². The van der Waals surface area contributed by atoms with Gasteiger partial charge in [0.25, 0.3) is 5.91 Å². The van der Waals surface area contributed by atoms with Gasteiger partial charge in [-0.2, -0.15) is 10.1 Å². The topological polar surface area (TPSA) is 88.4 Å². The number of benzene rings is 2. The molecule has 7 nitrogen and oxygen atoms in total. The molecule has 3 rings (SSSR count). The van der Waals surface area contributed by atoms with E-state index in [-0.39, 0.29) is 11.5 Å². The van der Waals surface area contributed by atoms with Crippen LogP contribution < -0.4 is 14.5 Å². The fourth-order valence-electron chi connectivity index (χ4n) is 2.81. The van der Waals surface area contributed by atoms with Crippen LogP contribution >= 0.6 is 0 Å². The minimum atomic E-state index is -1.03. The van der Waals surface area contributed by atoms with E-state index in [1.54, 1.807) is 50.5 Å². The number of anilines is 1. The maximum atomic E-state index is 12.9. The first-order valence-corrected chi connectivity index (χ1v) is 8.81. The van der Waals surface area contributed by atoms with Crippen molar-refractivity contribution in [3.63, 3.8) is 0 Å². The largest absolute Gasteiger partial charge is 0.493 e. The van der Waals surface area contributed by atoms with Crippen LogP contribution in [0.5, 0.6) is 11.5 Å². The molecule has 0 saturated carbocycles. The van der Waals surface area contributed by atoms with Crippen LogP contribution in [0, 0.1) is 0 Å². The maximum absolute atomic E-state index is 12.9. The standard InChI is InChI=1S/C22H20N2O5/c1-4-11-29-19-10-5-15(13-20(19)28-3)12-18-14(2)23-24(21(18)25)17-8-6-16(7-9-17)22(26)27/h4-10,12-13H,1,11H2,2-3H3,(H,26,27)/b18-12+. The third-order valence-electron chi connectivity index (χ3n) is 4.28. The predicted octanol–water partition coefficient (Wildman–Crippen LogP) is 3.76. The van der Waals surface area contributed by atoms with E-state index in [0.29, 0.717) is 35.1 Å². The number of carboxylic acid groups (broad SMARTS) is 1. The van der Waals surface area contributed by atoms with Gasteiger partial charge < -0.3 is 14.6 Å². The number of carbonyl (C=O) groups excluding carboxylic acids is 1. The van der Waals surface area contributed by atoms with Crippen molar-refractivity contribution in [3.8, 4) is 11.5 Å². The van der Waals surface area contributed by atoms with Crippen molar-refractivity contribution >= 4 is 29.4 Å². The molecule has 29 heavy (non-hydrogen) atoms. The van der Waals surface area contributed by atoms with Crippen LogP contribution in [-0.4, -0.2) is 36.4 Å². The SMILES string of the molecule is C=CCOc1ccc(/C=C2/C(=O)N(c3ccc(C(=O)O)cc3)N=C2C)cc1OC.